The van der Waals surface area contributed by atoms with E-state index in [2.05, 4.69) is 4.98 Å². The van der Waals surface area contributed by atoms with Crippen molar-refractivity contribution in [1.82, 2.24) is 9.55 Å². The van der Waals surface area contributed by atoms with Crippen LogP contribution >= 0.6 is 0 Å². The number of hydrogen-bond donors (Lipinski definition) is 0. The van der Waals surface area contributed by atoms with E-state index in [0.717, 1.165) is 18.2 Å². The first-order valence-corrected chi connectivity index (χ1v) is 6.60. The number of benzene rings is 2. The zero-order valence-corrected chi connectivity index (χ0v) is 12.2. The largest absolute Gasteiger partial charge is 0.457 e. The van der Waals surface area contributed by atoms with E-state index in [1.165, 1.54) is 23.9 Å². The summed E-state index contributed by atoms with van der Waals surface area (Å²) in [6, 6.07) is 4.65. The molecule has 0 atom stereocenters. The molecule has 3 aromatic rings. The minimum atomic E-state index is -1.02. The van der Waals surface area contributed by atoms with Crippen LogP contribution in [0.1, 0.15) is 5.56 Å². The molecule has 0 aliphatic rings. The van der Waals surface area contributed by atoms with Crippen molar-refractivity contribution in [3.63, 3.8) is 0 Å². The zero-order valence-electron chi connectivity index (χ0n) is 12.2. The van der Waals surface area contributed by atoms with Crippen molar-refractivity contribution < 1.29 is 18.4 Å². The summed E-state index contributed by atoms with van der Waals surface area (Å²) in [6.45, 7) is 1.54. The van der Waals surface area contributed by atoms with Gasteiger partial charge in [-0.25, -0.2) is 9.37 Å². The fraction of sp³-hybridized carbons (Fsp3) is 0.133. The molecule has 6 nitrogen and oxygen atoms in total. The quantitative estimate of drug-likeness (QED) is 0.543. The molecule has 118 valence electrons. The lowest BCUT2D eigenvalue weighted by Crippen LogP contribution is -1.96. The van der Waals surface area contributed by atoms with E-state index in [-0.39, 0.29) is 11.5 Å². The number of nitro benzene ring substituents is 1. The van der Waals surface area contributed by atoms with Crippen LogP contribution in [-0.2, 0) is 7.05 Å². The molecule has 23 heavy (non-hydrogen) atoms. The summed E-state index contributed by atoms with van der Waals surface area (Å²) in [6.07, 6.45) is 1.47. The van der Waals surface area contributed by atoms with Gasteiger partial charge in [0.2, 0.25) is 5.82 Å². The van der Waals surface area contributed by atoms with Crippen molar-refractivity contribution in [2.24, 2.45) is 7.05 Å². The molecule has 0 aliphatic heterocycles. The van der Waals surface area contributed by atoms with Crippen molar-refractivity contribution >= 4 is 16.7 Å². The van der Waals surface area contributed by atoms with Crippen molar-refractivity contribution in [2.75, 3.05) is 0 Å². The molecule has 0 saturated heterocycles. The molecule has 0 bridgehead atoms. The first kappa shape index (κ1) is 14.9. The normalized spacial score (nSPS) is 11.0. The molecule has 8 heteroatoms. The third-order valence-electron chi connectivity index (χ3n) is 3.41. The van der Waals surface area contributed by atoms with Gasteiger partial charge in [0.05, 0.1) is 16.8 Å². The number of nitro groups is 1. The molecule has 2 aromatic carbocycles. The lowest BCUT2D eigenvalue weighted by atomic mass is 10.2. The minimum Gasteiger partial charge on any atom is -0.457 e. The Bertz CT molecular complexity index is 937. The maximum Gasteiger partial charge on any atom is 0.305 e. The number of aryl methyl sites for hydroxylation is 2. The highest BCUT2D eigenvalue weighted by Crippen LogP contribution is 2.32. The Morgan fingerprint density at radius 2 is 1.96 bits per heavy atom. The lowest BCUT2D eigenvalue weighted by Gasteiger charge is -2.09. The van der Waals surface area contributed by atoms with Crippen LogP contribution in [0.2, 0.25) is 0 Å². The zero-order chi connectivity index (χ0) is 16.7. The van der Waals surface area contributed by atoms with Gasteiger partial charge in [0.25, 0.3) is 0 Å². The van der Waals surface area contributed by atoms with Crippen LogP contribution < -0.4 is 4.74 Å². The summed E-state index contributed by atoms with van der Waals surface area (Å²) in [4.78, 5) is 13.9. The van der Waals surface area contributed by atoms with Gasteiger partial charge in [-0.05, 0) is 12.5 Å². The number of halogens is 2. The number of rotatable bonds is 3. The van der Waals surface area contributed by atoms with Crippen LogP contribution in [0, 0.1) is 28.7 Å². The van der Waals surface area contributed by atoms with Crippen LogP contribution in [0.4, 0.5) is 14.5 Å². The van der Waals surface area contributed by atoms with Crippen molar-refractivity contribution in [3.05, 3.63) is 57.9 Å². The van der Waals surface area contributed by atoms with Gasteiger partial charge >= 0.3 is 5.69 Å². The molecular weight excluding hydrogens is 308 g/mol. The Balaban J connectivity index is 2.02. The standard InChI is InChI=1S/C15H11F2N3O3/c1-8-3-13(20(21)22)10(16)6-14(8)23-9-4-11(17)15-12(5-9)18-7-19(15)2/h3-7H,1-2H3. The van der Waals surface area contributed by atoms with E-state index in [0.29, 0.717) is 16.6 Å². The Morgan fingerprint density at radius 3 is 2.65 bits per heavy atom. The molecule has 0 spiro atoms. The summed E-state index contributed by atoms with van der Waals surface area (Å²) >= 11 is 0. The maximum atomic E-state index is 14.1. The molecule has 0 aliphatic carbocycles. The number of aromatic nitrogens is 2. The predicted octanol–water partition coefficient (Wildman–Crippen LogP) is 3.86. The third-order valence-corrected chi connectivity index (χ3v) is 3.41. The smallest absolute Gasteiger partial charge is 0.305 e. The number of ether oxygens (including phenoxy) is 1. The van der Waals surface area contributed by atoms with Crippen LogP contribution in [0.3, 0.4) is 0 Å². The molecule has 0 N–H and O–H groups in total. The second kappa shape index (κ2) is 5.31. The second-order valence-electron chi connectivity index (χ2n) is 5.06. The first-order chi connectivity index (χ1) is 10.9. The highest BCUT2D eigenvalue weighted by Gasteiger charge is 2.18. The van der Waals surface area contributed by atoms with Crippen LogP contribution in [0.15, 0.2) is 30.6 Å². The number of fused-ring (bicyclic) bond motifs is 1. The molecule has 3 rings (SSSR count). The molecule has 0 amide bonds. The monoisotopic (exact) mass is 319 g/mol. The van der Waals surface area contributed by atoms with Gasteiger partial charge in [-0.1, -0.05) is 0 Å². The summed E-state index contributed by atoms with van der Waals surface area (Å²) < 4.78 is 34.8. The van der Waals surface area contributed by atoms with E-state index >= 15 is 0 Å². The first-order valence-electron chi connectivity index (χ1n) is 6.60. The third kappa shape index (κ3) is 2.59. The van der Waals surface area contributed by atoms with Crippen molar-refractivity contribution in [2.45, 2.75) is 6.92 Å². The molecule has 0 saturated carbocycles. The van der Waals surface area contributed by atoms with E-state index < -0.39 is 22.2 Å². The molecular formula is C15H11F2N3O3. The van der Waals surface area contributed by atoms with Crippen LogP contribution in [0.25, 0.3) is 11.0 Å². The van der Waals surface area contributed by atoms with E-state index in [4.69, 9.17) is 4.74 Å². The van der Waals surface area contributed by atoms with Crippen molar-refractivity contribution in [1.29, 1.82) is 0 Å². The number of hydrogen-bond acceptors (Lipinski definition) is 4. The minimum absolute atomic E-state index is 0.0720. The molecule has 0 unspecified atom stereocenters. The summed E-state index contributed by atoms with van der Waals surface area (Å²) in [5.41, 5.74) is 0.437. The van der Waals surface area contributed by atoms with Crippen molar-refractivity contribution in [3.8, 4) is 11.5 Å². The Morgan fingerprint density at radius 1 is 1.22 bits per heavy atom. The number of nitrogens with zero attached hydrogens (tertiary/aromatic N) is 3. The highest BCUT2D eigenvalue weighted by atomic mass is 19.1. The Labute approximate surface area is 129 Å². The van der Waals surface area contributed by atoms with Crippen LogP contribution in [-0.4, -0.2) is 14.5 Å². The SMILES string of the molecule is Cc1cc([N+](=O)[O-])c(F)cc1Oc1cc(F)c2c(c1)ncn2C. The maximum absolute atomic E-state index is 14.1. The molecule has 0 fully saturated rings. The highest BCUT2D eigenvalue weighted by molar-refractivity contribution is 5.77. The van der Waals surface area contributed by atoms with Gasteiger partial charge < -0.3 is 9.30 Å². The molecule has 1 aromatic heterocycles. The fourth-order valence-electron chi connectivity index (χ4n) is 2.30. The summed E-state index contributed by atoms with van der Waals surface area (Å²) in [5, 5.41) is 10.7. The van der Waals surface area contributed by atoms with Gasteiger partial charge in [-0.3, -0.25) is 10.1 Å². The predicted molar refractivity (Wildman–Crippen MR) is 78.5 cm³/mol. The molecule has 1 heterocycles. The van der Waals surface area contributed by atoms with Gasteiger partial charge in [0.15, 0.2) is 5.82 Å². The van der Waals surface area contributed by atoms with E-state index in [9.17, 15) is 18.9 Å². The average Bonchev–Trinajstić information content (AvgIpc) is 2.84. The fourth-order valence-corrected chi connectivity index (χ4v) is 2.30. The Hall–Kier alpha value is -3.03. The topological polar surface area (TPSA) is 70.2 Å². The van der Waals surface area contributed by atoms with Gasteiger partial charge in [-0.15, -0.1) is 0 Å². The second-order valence-corrected chi connectivity index (χ2v) is 5.06. The summed E-state index contributed by atoms with van der Waals surface area (Å²) in [7, 11) is 1.66. The van der Waals surface area contributed by atoms with Crippen LogP contribution in [0.5, 0.6) is 11.5 Å². The van der Waals surface area contributed by atoms with Gasteiger partial charge in [-0.2, -0.15) is 4.39 Å². The molecule has 0 radical (unpaired) electrons. The lowest BCUT2D eigenvalue weighted by molar-refractivity contribution is -0.387. The van der Waals surface area contributed by atoms with E-state index in [1.54, 1.807) is 7.05 Å². The Kier molecular flexibility index (Phi) is 3.44. The van der Waals surface area contributed by atoms with Gasteiger partial charge in [0.1, 0.15) is 17.0 Å². The van der Waals surface area contributed by atoms with Gasteiger partial charge in [0, 0.05) is 31.3 Å². The summed E-state index contributed by atoms with van der Waals surface area (Å²) in [5.74, 6) is -1.35. The average molecular weight is 319 g/mol. The number of imidazole rings is 1. The van der Waals surface area contributed by atoms with E-state index in [1.807, 2.05) is 0 Å².